The highest BCUT2D eigenvalue weighted by atomic mass is 15.1. The zero-order valence-electron chi connectivity index (χ0n) is 9.88. The summed E-state index contributed by atoms with van der Waals surface area (Å²) in [6.45, 7) is 6.67. The second-order valence-electron chi connectivity index (χ2n) is 4.79. The molecule has 82 valence electrons. The maximum absolute atomic E-state index is 3.47. The molecular weight excluding hydrogens is 184 g/mol. The highest BCUT2D eigenvalue weighted by Gasteiger charge is 2.15. The molecule has 1 aromatic rings. The molecule has 2 heteroatoms. The Morgan fingerprint density at radius 3 is 2.93 bits per heavy atom. The van der Waals surface area contributed by atoms with Crippen molar-refractivity contribution in [2.75, 3.05) is 30.4 Å². The van der Waals surface area contributed by atoms with E-state index in [9.17, 15) is 0 Å². The fourth-order valence-electron chi connectivity index (χ4n) is 2.00. The lowest BCUT2D eigenvalue weighted by molar-refractivity contribution is 0.689. The number of rotatable bonds is 3. The van der Waals surface area contributed by atoms with Gasteiger partial charge in [-0.3, -0.25) is 0 Å². The predicted molar refractivity (Wildman–Crippen MR) is 66.7 cm³/mol. The first-order valence-electron chi connectivity index (χ1n) is 5.75. The molecule has 0 bridgehead atoms. The highest BCUT2D eigenvalue weighted by molar-refractivity contribution is 5.63. The molecule has 0 amide bonds. The van der Waals surface area contributed by atoms with Crippen molar-refractivity contribution >= 4 is 11.4 Å². The van der Waals surface area contributed by atoms with E-state index < -0.39 is 0 Å². The molecule has 0 fully saturated rings. The van der Waals surface area contributed by atoms with Crippen LogP contribution in [0.5, 0.6) is 0 Å². The van der Waals surface area contributed by atoms with Crippen LogP contribution in [0.3, 0.4) is 0 Å². The van der Waals surface area contributed by atoms with Crippen molar-refractivity contribution in [3.8, 4) is 0 Å². The van der Waals surface area contributed by atoms with Crippen LogP contribution in [0.1, 0.15) is 19.4 Å². The van der Waals surface area contributed by atoms with E-state index >= 15 is 0 Å². The molecule has 0 saturated heterocycles. The fourth-order valence-corrected chi connectivity index (χ4v) is 2.00. The van der Waals surface area contributed by atoms with Crippen molar-refractivity contribution in [3.63, 3.8) is 0 Å². The topological polar surface area (TPSA) is 15.3 Å². The Morgan fingerprint density at radius 1 is 1.40 bits per heavy atom. The molecule has 0 spiro atoms. The van der Waals surface area contributed by atoms with Crippen molar-refractivity contribution in [2.24, 2.45) is 5.92 Å². The quantitative estimate of drug-likeness (QED) is 0.814. The summed E-state index contributed by atoms with van der Waals surface area (Å²) in [5, 5.41) is 3.47. The van der Waals surface area contributed by atoms with Gasteiger partial charge in [-0.15, -0.1) is 0 Å². The number of hydrogen-bond acceptors (Lipinski definition) is 2. The van der Waals surface area contributed by atoms with Gasteiger partial charge in [0.15, 0.2) is 0 Å². The Hall–Kier alpha value is -1.18. The third-order valence-corrected chi connectivity index (χ3v) is 2.92. The first kappa shape index (κ1) is 10.3. The third kappa shape index (κ3) is 2.25. The minimum atomic E-state index is 0.695. The molecule has 1 aliphatic rings. The van der Waals surface area contributed by atoms with Gasteiger partial charge in [0.1, 0.15) is 0 Å². The van der Waals surface area contributed by atoms with E-state index in [1.807, 2.05) is 0 Å². The van der Waals surface area contributed by atoms with E-state index in [1.54, 1.807) is 0 Å². The summed E-state index contributed by atoms with van der Waals surface area (Å²) in [7, 11) is 2.16. The highest BCUT2D eigenvalue weighted by Crippen LogP contribution is 2.29. The summed E-state index contributed by atoms with van der Waals surface area (Å²) in [6.07, 6.45) is 1.18. The average molecular weight is 204 g/mol. The Labute approximate surface area is 92.3 Å². The Balaban J connectivity index is 2.09. The molecule has 0 unspecified atom stereocenters. The van der Waals surface area contributed by atoms with Crippen molar-refractivity contribution in [1.82, 2.24) is 0 Å². The summed E-state index contributed by atoms with van der Waals surface area (Å²) >= 11 is 0. The van der Waals surface area contributed by atoms with E-state index in [-0.39, 0.29) is 0 Å². The second-order valence-corrected chi connectivity index (χ2v) is 4.79. The Kier molecular flexibility index (Phi) is 2.85. The first-order valence-corrected chi connectivity index (χ1v) is 5.75. The SMILES string of the molecule is CC(C)CNc1ccc2c(c1)CCN2C. The number of nitrogens with one attached hydrogen (secondary N) is 1. The molecule has 15 heavy (non-hydrogen) atoms. The van der Waals surface area contributed by atoms with Crippen LogP contribution in [0, 0.1) is 5.92 Å². The van der Waals surface area contributed by atoms with E-state index in [0.29, 0.717) is 5.92 Å². The van der Waals surface area contributed by atoms with Crippen LogP contribution in [-0.4, -0.2) is 20.1 Å². The fraction of sp³-hybridized carbons (Fsp3) is 0.538. The third-order valence-electron chi connectivity index (χ3n) is 2.92. The summed E-state index contributed by atoms with van der Waals surface area (Å²) in [6, 6.07) is 6.70. The zero-order valence-corrected chi connectivity index (χ0v) is 9.88. The van der Waals surface area contributed by atoms with Crippen LogP contribution in [-0.2, 0) is 6.42 Å². The van der Waals surface area contributed by atoms with Gasteiger partial charge < -0.3 is 10.2 Å². The van der Waals surface area contributed by atoms with Crippen molar-refractivity contribution in [1.29, 1.82) is 0 Å². The van der Waals surface area contributed by atoms with E-state index in [4.69, 9.17) is 0 Å². The van der Waals surface area contributed by atoms with Gasteiger partial charge in [-0.25, -0.2) is 0 Å². The van der Waals surface area contributed by atoms with Gasteiger partial charge in [0.25, 0.3) is 0 Å². The van der Waals surface area contributed by atoms with Crippen LogP contribution in [0.25, 0.3) is 0 Å². The molecule has 2 nitrogen and oxygen atoms in total. The lowest BCUT2D eigenvalue weighted by Crippen LogP contribution is -2.12. The molecule has 1 N–H and O–H groups in total. The summed E-state index contributed by atoms with van der Waals surface area (Å²) in [5.41, 5.74) is 4.13. The van der Waals surface area contributed by atoms with Crippen LogP contribution >= 0.6 is 0 Å². The number of nitrogens with zero attached hydrogens (tertiary/aromatic N) is 1. The minimum Gasteiger partial charge on any atom is -0.385 e. The number of anilines is 2. The van der Waals surface area contributed by atoms with Crippen LogP contribution in [0.2, 0.25) is 0 Å². The van der Waals surface area contributed by atoms with E-state index in [2.05, 4.69) is 49.3 Å². The second kappa shape index (κ2) is 4.13. The molecule has 0 atom stereocenters. The monoisotopic (exact) mass is 204 g/mol. The molecule has 2 rings (SSSR count). The molecule has 0 aromatic heterocycles. The van der Waals surface area contributed by atoms with Crippen molar-refractivity contribution in [2.45, 2.75) is 20.3 Å². The molecule has 1 heterocycles. The molecule has 0 saturated carbocycles. The predicted octanol–water partition coefficient (Wildman–Crippen LogP) is 2.75. The van der Waals surface area contributed by atoms with E-state index in [0.717, 1.165) is 13.1 Å². The molecule has 0 radical (unpaired) electrons. The van der Waals surface area contributed by atoms with Gasteiger partial charge in [-0.2, -0.15) is 0 Å². The zero-order chi connectivity index (χ0) is 10.8. The Bertz CT molecular complexity index is 344. The molecule has 0 aliphatic carbocycles. The maximum atomic E-state index is 3.47. The van der Waals surface area contributed by atoms with Gasteiger partial charge in [0.05, 0.1) is 0 Å². The number of fused-ring (bicyclic) bond motifs is 1. The number of benzene rings is 1. The summed E-state index contributed by atoms with van der Waals surface area (Å²) < 4.78 is 0. The van der Waals surface area contributed by atoms with Gasteiger partial charge in [-0.05, 0) is 36.1 Å². The van der Waals surface area contributed by atoms with Gasteiger partial charge in [0, 0.05) is 31.5 Å². The van der Waals surface area contributed by atoms with Crippen LogP contribution in [0.4, 0.5) is 11.4 Å². The van der Waals surface area contributed by atoms with Crippen molar-refractivity contribution in [3.05, 3.63) is 23.8 Å². The smallest absolute Gasteiger partial charge is 0.0398 e. The lowest BCUT2D eigenvalue weighted by atomic mass is 10.1. The lowest BCUT2D eigenvalue weighted by Gasteiger charge is -2.13. The minimum absolute atomic E-state index is 0.695. The largest absolute Gasteiger partial charge is 0.385 e. The van der Waals surface area contributed by atoms with Gasteiger partial charge in [-0.1, -0.05) is 13.8 Å². The Morgan fingerprint density at radius 2 is 2.20 bits per heavy atom. The molecule has 1 aromatic carbocycles. The van der Waals surface area contributed by atoms with Gasteiger partial charge >= 0.3 is 0 Å². The maximum Gasteiger partial charge on any atom is 0.0398 e. The average Bonchev–Trinajstić information content (AvgIpc) is 2.57. The first-order chi connectivity index (χ1) is 7.16. The van der Waals surface area contributed by atoms with Crippen LogP contribution < -0.4 is 10.2 Å². The summed E-state index contributed by atoms with van der Waals surface area (Å²) in [5.74, 6) is 0.695. The summed E-state index contributed by atoms with van der Waals surface area (Å²) in [4.78, 5) is 2.32. The van der Waals surface area contributed by atoms with Crippen LogP contribution in [0.15, 0.2) is 18.2 Å². The normalized spacial score (nSPS) is 14.5. The standard InChI is InChI=1S/C13H20N2/c1-10(2)9-14-12-4-5-13-11(8-12)6-7-15(13)3/h4-5,8,10,14H,6-7,9H2,1-3H3. The number of likely N-dealkylation sites (N-methyl/N-ethyl adjacent to an activating group) is 1. The van der Waals surface area contributed by atoms with Crippen molar-refractivity contribution < 1.29 is 0 Å². The van der Waals surface area contributed by atoms with E-state index in [1.165, 1.54) is 23.4 Å². The molecular formula is C13H20N2. The molecule has 1 aliphatic heterocycles. The van der Waals surface area contributed by atoms with Gasteiger partial charge in [0.2, 0.25) is 0 Å². The number of hydrogen-bond donors (Lipinski definition) is 1.